The van der Waals surface area contributed by atoms with Crippen LogP contribution in [0.3, 0.4) is 0 Å². The van der Waals surface area contributed by atoms with Gasteiger partial charge in [-0.3, -0.25) is 0 Å². The average molecular weight is 293 g/mol. The van der Waals surface area contributed by atoms with Crippen molar-refractivity contribution in [1.29, 1.82) is 0 Å². The number of aliphatic hydroxyl groups excluding tert-OH is 1. The van der Waals surface area contributed by atoms with Gasteiger partial charge in [-0.25, -0.2) is 0 Å². The van der Waals surface area contributed by atoms with Crippen molar-refractivity contribution in [3.63, 3.8) is 0 Å². The van der Waals surface area contributed by atoms with Crippen molar-refractivity contribution < 1.29 is 14.6 Å². The van der Waals surface area contributed by atoms with Crippen LogP contribution in [-0.4, -0.2) is 25.4 Å². The van der Waals surface area contributed by atoms with Gasteiger partial charge in [-0.05, 0) is 29.8 Å². The van der Waals surface area contributed by atoms with E-state index in [1.807, 2.05) is 48.5 Å². The molecule has 0 saturated carbocycles. The lowest BCUT2D eigenvalue weighted by Gasteiger charge is -2.16. The molecular formula is C16H17ClO3. The van der Waals surface area contributed by atoms with E-state index >= 15 is 0 Å². The molecule has 0 bridgehead atoms. The largest absolute Gasteiger partial charge is 0.497 e. The standard InChI is InChI=1S/C16H17ClO3/c1-19-15-6-3-7-16(9-15)20-11-13(10-18)12-4-2-5-14(17)8-12/h2-9,13,18H,10-11H2,1H3. The number of rotatable bonds is 6. The fraction of sp³-hybridized carbons (Fsp3) is 0.250. The van der Waals surface area contributed by atoms with E-state index in [0.717, 1.165) is 11.3 Å². The van der Waals surface area contributed by atoms with Gasteiger partial charge in [-0.2, -0.15) is 0 Å². The molecule has 0 aliphatic carbocycles. The van der Waals surface area contributed by atoms with Crippen molar-refractivity contribution in [3.05, 3.63) is 59.1 Å². The Morgan fingerprint density at radius 2 is 1.85 bits per heavy atom. The second-order valence-electron chi connectivity index (χ2n) is 4.42. The molecule has 1 unspecified atom stereocenters. The molecule has 20 heavy (non-hydrogen) atoms. The number of methoxy groups -OCH3 is 1. The summed E-state index contributed by atoms with van der Waals surface area (Å²) in [5, 5.41) is 10.2. The highest BCUT2D eigenvalue weighted by Gasteiger charge is 2.12. The Morgan fingerprint density at radius 3 is 2.55 bits per heavy atom. The highest BCUT2D eigenvalue weighted by atomic mass is 35.5. The summed E-state index contributed by atoms with van der Waals surface area (Å²) in [5.74, 6) is 1.34. The smallest absolute Gasteiger partial charge is 0.123 e. The summed E-state index contributed by atoms with van der Waals surface area (Å²) in [6, 6.07) is 14.8. The van der Waals surface area contributed by atoms with Gasteiger partial charge in [-0.1, -0.05) is 29.8 Å². The second-order valence-corrected chi connectivity index (χ2v) is 4.86. The minimum absolute atomic E-state index is 0.00428. The first kappa shape index (κ1) is 14.7. The zero-order valence-electron chi connectivity index (χ0n) is 11.3. The molecular weight excluding hydrogens is 276 g/mol. The van der Waals surface area contributed by atoms with E-state index in [2.05, 4.69) is 0 Å². The molecule has 0 heterocycles. The van der Waals surface area contributed by atoms with Crippen molar-refractivity contribution in [2.45, 2.75) is 5.92 Å². The van der Waals surface area contributed by atoms with Gasteiger partial charge in [0.15, 0.2) is 0 Å². The fourth-order valence-corrected chi connectivity index (χ4v) is 2.10. The van der Waals surface area contributed by atoms with E-state index in [0.29, 0.717) is 17.4 Å². The molecule has 2 aromatic carbocycles. The molecule has 1 atom stereocenters. The van der Waals surface area contributed by atoms with Crippen molar-refractivity contribution in [1.82, 2.24) is 0 Å². The Balaban J connectivity index is 2.03. The summed E-state index contributed by atoms with van der Waals surface area (Å²) in [6.45, 7) is 0.383. The minimum atomic E-state index is -0.111. The van der Waals surface area contributed by atoms with Crippen LogP contribution in [0.5, 0.6) is 11.5 Å². The van der Waals surface area contributed by atoms with Gasteiger partial charge >= 0.3 is 0 Å². The second kappa shape index (κ2) is 7.17. The lowest BCUT2D eigenvalue weighted by atomic mass is 10.0. The Hall–Kier alpha value is -1.71. The van der Waals surface area contributed by atoms with Crippen LogP contribution in [0.25, 0.3) is 0 Å². The highest BCUT2D eigenvalue weighted by molar-refractivity contribution is 6.30. The lowest BCUT2D eigenvalue weighted by Crippen LogP contribution is -2.14. The van der Waals surface area contributed by atoms with E-state index in [4.69, 9.17) is 21.1 Å². The molecule has 2 rings (SSSR count). The molecule has 0 saturated heterocycles. The van der Waals surface area contributed by atoms with Crippen molar-refractivity contribution in [2.75, 3.05) is 20.3 Å². The Bertz CT molecular complexity index is 557. The fourth-order valence-electron chi connectivity index (χ4n) is 1.90. The number of aliphatic hydroxyl groups is 1. The van der Waals surface area contributed by atoms with E-state index in [9.17, 15) is 5.11 Å². The van der Waals surface area contributed by atoms with E-state index in [-0.39, 0.29) is 12.5 Å². The number of benzene rings is 2. The van der Waals surface area contributed by atoms with Crippen LogP contribution >= 0.6 is 11.6 Å². The SMILES string of the molecule is COc1cccc(OCC(CO)c2cccc(Cl)c2)c1. The van der Waals surface area contributed by atoms with Crippen LogP contribution in [0.15, 0.2) is 48.5 Å². The van der Waals surface area contributed by atoms with Gasteiger partial charge in [0.05, 0.1) is 20.3 Å². The van der Waals surface area contributed by atoms with Crippen LogP contribution < -0.4 is 9.47 Å². The summed E-state index contributed by atoms with van der Waals surface area (Å²) in [4.78, 5) is 0. The van der Waals surface area contributed by atoms with Gasteiger partial charge in [-0.15, -0.1) is 0 Å². The zero-order valence-corrected chi connectivity index (χ0v) is 12.0. The van der Waals surface area contributed by atoms with Gasteiger partial charge in [0.25, 0.3) is 0 Å². The van der Waals surface area contributed by atoms with Crippen LogP contribution in [-0.2, 0) is 0 Å². The van der Waals surface area contributed by atoms with Gasteiger partial charge in [0, 0.05) is 17.0 Å². The van der Waals surface area contributed by atoms with Crippen LogP contribution in [0.2, 0.25) is 5.02 Å². The van der Waals surface area contributed by atoms with Crippen LogP contribution in [0, 0.1) is 0 Å². The third-order valence-corrected chi connectivity index (χ3v) is 3.27. The number of hydrogen-bond acceptors (Lipinski definition) is 3. The molecule has 1 N–H and O–H groups in total. The Morgan fingerprint density at radius 1 is 1.10 bits per heavy atom. The first-order valence-electron chi connectivity index (χ1n) is 6.36. The number of hydrogen-bond donors (Lipinski definition) is 1. The summed E-state index contributed by atoms with van der Waals surface area (Å²) in [7, 11) is 1.61. The van der Waals surface area contributed by atoms with Crippen LogP contribution in [0.4, 0.5) is 0 Å². The maximum absolute atomic E-state index is 9.50. The third-order valence-electron chi connectivity index (χ3n) is 3.03. The normalized spacial score (nSPS) is 11.9. The maximum Gasteiger partial charge on any atom is 0.123 e. The van der Waals surface area contributed by atoms with Crippen LogP contribution in [0.1, 0.15) is 11.5 Å². The summed E-state index contributed by atoms with van der Waals surface area (Å²) in [5.41, 5.74) is 0.961. The lowest BCUT2D eigenvalue weighted by molar-refractivity contribution is 0.204. The molecule has 0 aliphatic heterocycles. The molecule has 0 fully saturated rings. The minimum Gasteiger partial charge on any atom is -0.497 e. The molecule has 2 aromatic rings. The summed E-state index contributed by atoms with van der Waals surface area (Å²) in [6.07, 6.45) is 0. The molecule has 0 aromatic heterocycles. The zero-order chi connectivity index (χ0) is 14.4. The number of ether oxygens (including phenoxy) is 2. The average Bonchev–Trinajstić information content (AvgIpc) is 2.48. The van der Waals surface area contributed by atoms with E-state index < -0.39 is 0 Å². The predicted molar refractivity (Wildman–Crippen MR) is 79.8 cm³/mol. The topological polar surface area (TPSA) is 38.7 Å². The van der Waals surface area contributed by atoms with E-state index in [1.165, 1.54) is 0 Å². The molecule has 106 valence electrons. The monoisotopic (exact) mass is 292 g/mol. The summed E-state index contributed by atoms with van der Waals surface area (Å²) >= 11 is 5.96. The molecule has 0 amide bonds. The van der Waals surface area contributed by atoms with Gasteiger partial charge < -0.3 is 14.6 Å². The molecule has 4 heteroatoms. The van der Waals surface area contributed by atoms with Gasteiger partial charge in [0.2, 0.25) is 0 Å². The summed E-state index contributed by atoms with van der Waals surface area (Å²) < 4.78 is 10.9. The highest BCUT2D eigenvalue weighted by Crippen LogP contribution is 2.23. The maximum atomic E-state index is 9.50. The van der Waals surface area contributed by atoms with Crippen molar-refractivity contribution in [2.24, 2.45) is 0 Å². The quantitative estimate of drug-likeness (QED) is 0.885. The molecule has 0 spiro atoms. The first-order chi connectivity index (χ1) is 9.72. The van der Waals surface area contributed by atoms with Crippen molar-refractivity contribution in [3.8, 4) is 11.5 Å². The third kappa shape index (κ3) is 3.89. The molecule has 0 aliphatic rings. The molecule has 3 nitrogen and oxygen atoms in total. The molecule has 0 radical (unpaired) electrons. The van der Waals surface area contributed by atoms with Crippen molar-refractivity contribution >= 4 is 11.6 Å². The Kier molecular flexibility index (Phi) is 5.27. The van der Waals surface area contributed by atoms with Gasteiger partial charge in [0.1, 0.15) is 11.5 Å². The predicted octanol–water partition coefficient (Wildman–Crippen LogP) is 3.50. The number of halogens is 1. The Labute approximate surface area is 123 Å². The van der Waals surface area contributed by atoms with E-state index in [1.54, 1.807) is 7.11 Å². The first-order valence-corrected chi connectivity index (χ1v) is 6.74.